The first-order valence-corrected chi connectivity index (χ1v) is 8.50. The molecule has 3 aromatic rings. The highest BCUT2D eigenvalue weighted by Crippen LogP contribution is 2.33. The zero-order valence-corrected chi connectivity index (χ0v) is 14.1. The molecule has 1 fully saturated rings. The molecule has 0 atom stereocenters. The van der Waals surface area contributed by atoms with Gasteiger partial charge in [-0.25, -0.2) is 4.98 Å². The zero-order valence-electron chi connectivity index (χ0n) is 13.3. The third-order valence-corrected chi connectivity index (χ3v) is 5.06. The van der Waals surface area contributed by atoms with Crippen molar-refractivity contribution in [3.05, 3.63) is 33.1 Å². The quantitative estimate of drug-likeness (QED) is 0.795. The Hall–Kier alpha value is -2.21. The normalized spacial score (nSPS) is 14.4. The van der Waals surface area contributed by atoms with E-state index >= 15 is 0 Å². The van der Waals surface area contributed by atoms with E-state index in [4.69, 9.17) is 4.52 Å². The lowest BCUT2D eigenvalue weighted by Gasteiger charge is -2.07. The summed E-state index contributed by atoms with van der Waals surface area (Å²) < 4.78 is 5.33. The number of hydrogen-bond donors (Lipinski definition) is 1. The minimum absolute atomic E-state index is 0.0722. The van der Waals surface area contributed by atoms with Crippen LogP contribution in [0.4, 0.5) is 0 Å². The van der Waals surface area contributed by atoms with Crippen LogP contribution in [0.1, 0.15) is 38.6 Å². The Bertz CT molecular complexity index is 921. The van der Waals surface area contributed by atoms with Crippen LogP contribution in [0.15, 0.2) is 16.7 Å². The summed E-state index contributed by atoms with van der Waals surface area (Å²) in [6.45, 7) is 5.97. The van der Waals surface area contributed by atoms with Crippen LogP contribution < -0.4 is 5.32 Å². The van der Waals surface area contributed by atoms with E-state index in [0.29, 0.717) is 28.4 Å². The van der Waals surface area contributed by atoms with Crippen LogP contribution in [0, 0.1) is 20.8 Å². The van der Waals surface area contributed by atoms with Gasteiger partial charge in [0.25, 0.3) is 11.6 Å². The number of fused-ring (bicyclic) bond motifs is 1. The third kappa shape index (κ3) is 2.53. The average molecular weight is 327 g/mol. The summed E-state index contributed by atoms with van der Waals surface area (Å²) in [7, 11) is 0. The monoisotopic (exact) mass is 327 g/mol. The van der Waals surface area contributed by atoms with Crippen LogP contribution in [-0.2, 0) is 0 Å². The molecular weight excluding hydrogens is 310 g/mol. The second-order valence-electron chi connectivity index (χ2n) is 6.08. The van der Waals surface area contributed by atoms with Gasteiger partial charge < -0.3 is 9.84 Å². The van der Waals surface area contributed by atoms with Gasteiger partial charge in [-0.05, 0) is 45.7 Å². The lowest BCUT2D eigenvalue weighted by Crippen LogP contribution is -2.25. The van der Waals surface area contributed by atoms with Crippen molar-refractivity contribution in [2.45, 2.75) is 39.7 Å². The van der Waals surface area contributed by atoms with Gasteiger partial charge in [0.2, 0.25) is 0 Å². The van der Waals surface area contributed by atoms with Crippen molar-refractivity contribution in [3.63, 3.8) is 0 Å². The molecule has 0 bridgehead atoms. The van der Waals surface area contributed by atoms with E-state index in [0.717, 1.165) is 24.1 Å². The van der Waals surface area contributed by atoms with Crippen molar-refractivity contribution < 1.29 is 9.32 Å². The van der Waals surface area contributed by atoms with E-state index in [1.807, 2.05) is 13.0 Å². The summed E-state index contributed by atoms with van der Waals surface area (Å²) in [5, 5.41) is 7.73. The Balaban J connectivity index is 1.89. The Morgan fingerprint density at radius 1 is 1.30 bits per heavy atom. The standard InChI is InChI=1S/C17H17N3O2S/c1-8-6-12(10(3)23-8)14-7-13(16(21)18-11-4-5-11)15-9(2)20-22-17(15)19-14/h6-7,11H,4-5H2,1-3H3,(H,18,21). The highest BCUT2D eigenvalue weighted by Gasteiger charge is 2.26. The van der Waals surface area contributed by atoms with E-state index in [9.17, 15) is 4.79 Å². The van der Waals surface area contributed by atoms with Gasteiger partial charge in [0, 0.05) is 21.4 Å². The van der Waals surface area contributed by atoms with Crippen LogP contribution in [0.2, 0.25) is 0 Å². The molecule has 1 aliphatic rings. The van der Waals surface area contributed by atoms with E-state index in [1.165, 1.54) is 9.75 Å². The summed E-state index contributed by atoms with van der Waals surface area (Å²) >= 11 is 1.72. The molecule has 5 nitrogen and oxygen atoms in total. The number of aryl methyl sites for hydroxylation is 3. The molecule has 3 aromatic heterocycles. The Kier molecular flexibility index (Phi) is 3.23. The van der Waals surface area contributed by atoms with Gasteiger partial charge in [-0.3, -0.25) is 4.79 Å². The molecule has 0 radical (unpaired) electrons. The van der Waals surface area contributed by atoms with Gasteiger partial charge in [0.15, 0.2) is 0 Å². The van der Waals surface area contributed by atoms with Gasteiger partial charge in [0.05, 0.1) is 22.3 Å². The maximum atomic E-state index is 12.6. The maximum Gasteiger partial charge on any atom is 0.259 e. The van der Waals surface area contributed by atoms with Gasteiger partial charge in [-0.1, -0.05) is 5.16 Å². The fourth-order valence-corrected chi connectivity index (χ4v) is 3.72. The van der Waals surface area contributed by atoms with Crippen LogP contribution in [0.25, 0.3) is 22.4 Å². The highest BCUT2D eigenvalue weighted by atomic mass is 32.1. The molecule has 1 aliphatic carbocycles. The van der Waals surface area contributed by atoms with Crippen LogP contribution in [0.5, 0.6) is 0 Å². The highest BCUT2D eigenvalue weighted by molar-refractivity contribution is 7.12. The number of carbonyl (C=O) groups excluding carboxylic acids is 1. The largest absolute Gasteiger partial charge is 0.349 e. The van der Waals surface area contributed by atoms with E-state index < -0.39 is 0 Å². The van der Waals surface area contributed by atoms with Gasteiger partial charge in [0.1, 0.15) is 0 Å². The summed E-state index contributed by atoms with van der Waals surface area (Å²) in [6, 6.07) is 4.26. The first kappa shape index (κ1) is 14.4. The van der Waals surface area contributed by atoms with Crippen molar-refractivity contribution in [2.75, 3.05) is 0 Å². The molecule has 1 saturated carbocycles. The van der Waals surface area contributed by atoms with Gasteiger partial charge in [-0.15, -0.1) is 11.3 Å². The van der Waals surface area contributed by atoms with Crippen molar-refractivity contribution in [3.8, 4) is 11.3 Å². The fourth-order valence-electron chi connectivity index (χ4n) is 2.79. The molecule has 23 heavy (non-hydrogen) atoms. The summed E-state index contributed by atoms with van der Waals surface area (Å²) in [6.07, 6.45) is 2.11. The molecule has 1 amide bonds. The number of aromatic nitrogens is 2. The molecule has 0 aliphatic heterocycles. The Morgan fingerprint density at radius 3 is 2.74 bits per heavy atom. The number of thiophene rings is 1. The van der Waals surface area contributed by atoms with Crippen LogP contribution >= 0.6 is 11.3 Å². The first-order valence-electron chi connectivity index (χ1n) is 7.68. The topological polar surface area (TPSA) is 68.0 Å². The van der Waals surface area contributed by atoms with Crippen LogP contribution in [-0.4, -0.2) is 22.1 Å². The second-order valence-corrected chi connectivity index (χ2v) is 7.54. The van der Waals surface area contributed by atoms with Gasteiger partial charge >= 0.3 is 0 Å². The minimum Gasteiger partial charge on any atom is -0.349 e. The van der Waals surface area contributed by atoms with E-state index in [2.05, 4.69) is 35.4 Å². The number of nitrogens with zero attached hydrogens (tertiary/aromatic N) is 2. The SMILES string of the molecule is Cc1cc(-c2cc(C(=O)NC3CC3)c3c(C)noc3n2)c(C)s1. The zero-order chi connectivity index (χ0) is 16.1. The second kappa shape index (κ2) is 5.16. The molecule has 0 spiro atoms. The molecular formula is C17H17N3O2S. The van der Waals surface area contributed by atoms with Gasteiger partial charge in [-0.2, -0.15) is 0 Å². The molecule has 4 rings (SSSR count). The lowest BCUT2D eigenvalue weighted by atomic mass is 10.1. The number of pyridine rings is 1. The molecule has 0 aromatic carbocycles. The molecule has 118 valence electrons. The van der Waals surface area contributed by atoms with Crippen molar-refractivity contribution in [1.82, 2.24) is 15.5 Å². The van der Waals surface area contributed by atoms with Crippen LogP contribution in [0.3, 0.4) is 0 Å². The first-order chi connectivity index (χ1) is 11.0. The summed E-state index contributed by atoms with van der Waals surface area (Å²) in [5.74, 6) is -0.0722. The number of rotatable bonds is 3. The van der Waals surface area contributed by atoms with E-state index in [-0.39, 0.29) is 5.91 Å². The lowest BCUT2D eigenvalue weighted by molar-refractivity contribution is 0.0952. The maximum absolute atomic E-state index is 12.6. The van der Waals surface area contributed by atoms with E-state index in [1.54, 1.807) is 11.3 Å². The number of nitrogens with one attached hydrogen (secondary N) is 1. The summed E-state index contributed by atoms with van der Waals surface area (Å²) in [5.41, 5.74) is 3.52. The summed E-state index contributed by atoms with van der Waals surface area (Å²) in [4.78, 5) is 19.6. The average Bonchev–Trinajstić information content (AvgIpc) is 3.15. The Morgan fingerprint density at radius 2 is 2.09 bits per heavy atom. The molecule has 0 unspecified atom stereocenters. The third-order valence-electron chi connectivity index (χ3n) is 4.09. The van der Waals surface area contributed by atoms with Crippen molar-refractivity contribution >= 4 is 28.3 Å². The Labute approximate surface area is 137 Å². The molecule has 1 N–H and O–H groups in total. The molecule has 3 heterocycles. The molecule has 6 heteroatoms. The molecule has 0 saturated heterocycles. The predicted octanol–water partition coefficient (Wildman–Crippen LogP) is 3.77. The smallest absolute Gasteiger partial charge is 0.259 e. The fraction of sp³-hybridized carbons (Fsp3) is 0.353. The minimum atomic E-state index is -0.0722. The van der Waals surface area contributed by atoms with Crippen molar-refractivity contribution in [1.29, 1.82) is 0 Å². The number of hydrogen-bond acceptors (Lipinski definition) is 5. The predicted molar refractivity (Wildman–Crippen MR) is 89.8 cm³/mol. The van der Waals surface area contributed by atoms with Crippen molar-refractivity contribution in [2.24, 2.45) is 0 Å². The number of amides is 1. The number of carbonyl (C=O) groups is 1.